The Morgan fingerprint density at radius 2 is 1.25 bits per heavy atom. The minimum Gasteiger partial charge on any atom is 1.00 e. The molecule has 0 fully saturated rings. The first-order chi connectivity index (χ1) is 1.41. The second kappa shape index (κ2) is 9.50. The molecule has 4 heavy (non-hydrogen) atoms. The van der Waals surface area contributed by atoms with E-state index in [9.17, 15) is 0 Å². The molecular weight excluding hydrogens is 404 g/mol. The van der Waals surface area contributed by atoms with Gasteiger partial charge in [0.05, 0.1) is 0 Å². The third-order valence-electron chi connectivity index (χ3n) is 0. The standard InChI is InChI=1S/I3.Na/c1-3-2;/q-1;+1. The van der Waals surface area contributed by atoms with Crippen LogP contribution < -0.4 is 42.8 Å². The van der Waals surface area contributed by atoms with Gasteiger partial charge in [0.15, 0.2) is 0 Å². The summed E-state index contributed by atoms with van der Waals surface area (Å²) in [7, 11) is 0. The topological polar surface area (TPSA) is 0 Å². The van der Waals surface area contributed by atoms with Crippen LogP contribution in [-0.4, -0.2) is 0 Å². The zero-order chi connectivity index (χ0) is 2.71. The van der Waals surface area contributed by atoms with E-state index in [2.05, 4.69) is 37.2 Å². The molecular formula is I3Na. The molecule has 0 spiro atoms. The van der Waals surface area contributed by atoms with Gasteiger partial charge in [0, 0.05) is 0 Å². The van der Waals surface area contributed by atoms with Crippen molar-refractivity contribution in [2.45, 2.75) is 0 Å². The van der Waals surface area contributed by atoms with Crippen molar-refractivity contribution >= 4 is 37.2 Å². The largest absolute Gasteiger partial charge is 1.00 e. The zero-order valence-electron chi connectivity index (χ0n) is 2.13. The van der Waals surface area contributed by atoms with Gasteiger partial charge in [-0.25, -0.2) is 0 Å². The van der Waals surface area contributed by atoms with Crippen molar-refractivity contribution in [1.82, 2.24) is 0 Å². The van der Waals surface area contributed by atoms with Crippen LogP contribution in [0.1, 0.15) is 0 Å². The number of rotatable bonds is 0. The van der Waals surface area contributed by atoms with Gasteiger partial charge in [-0.1, -0.05) is 0 Å². The van der Waals surface area contributed by atoms with Crippen molar-refractivity contribution in [2.75, 3.05) is 0 Å². The van der Waals surface area contributed by atoms with Gasteiger partial charge in [-0.05, 0) is 0 Å². The molecule has 0 saturated carbocycles. The van der Waals surface area contributed by atoms with Crippen LogP contribution in [0.3, 0.4) is 0 Å². The maximum Gasteiger partial charge on any atom is 1.00 e. The second-order valence-corrected chi connectivity index (χ2v) is 16.3. The molecule has 4 heteroatoms. The Balaban J connectivity index is 0. The van der Waals surface area contributed by atoms with Gasteiger partial charge in [0.25, 0.3) is 0 Å². The average Bonchev–Trinajstić information content (AvgIpc) is 0.918. The Kier molecular flexibility index (Phi) is 24.3. The van der Waals surface area contributed by atoms with Crippen molar-refractivity contribution in [3.8, 4) is 0 Å². The van der Waals surface area contributed by atoms with E-state index in [1.165, 1.54) is 0 Å². The van der Waals surface area contributed by atoms with Gasteiger partial charge in [-0.3, -0.25) is 0 Å². The predicted octanol–water partition coefficient (Wildman–Crippen LogP) is -4.22. The fourth-order valence-corrected chi connectivity index (χ4v) is 0. The summed E-state index contributed by atoms with van der Waals surface area (Å²) in [4.78, 5) is 0. The molecule has 0 bridgehead atoms. The molecule has 0 aromatic carbocycles. The molecule has 0 heterocycles. The van der Waals surface area contributed by atoms with E-state index in [-0.39, 0.29) is 29.6 Å². The van der Waals surface area contributed by atoms with Crippen LogP contribution in [-0.2, 0) is 0 Å². The molecule has 0 saturated heterocycles. The van der Waals surface area contributed by atoms with Gasteiger partial charge in [0.2, 0.25) is 0 Å². The summed E-state index contributed by atoms with van der Waals surface area (Å²) >= 11 is 5.30. The minimum atomic E-state index is 0. The Hall–Kier alpha value is 3.19. The molecule has 0 aliphatic rings. The summed E-state index contributed by atoms with van der Waals surface area (Å²) in [5, 5.41) is 0. The molecule has 22 valence electrons. The Labute approximate surface area is 77.8 Å². The summed E-state index contributed by atoms with van der Waals surface area (Å²) in [6.45, 7) is 0. The van der Waals surface area contributed by atoms with Crippen LogP contribution in [0, 0.1) is 0 Å². The van der Waals surface area contributed by atoms with Crippen molar-refractivity contribution in [2.24, 2.45) is 0 Å². The second-order valence-electron chi connectivity index (χ2n) is 0.0540. The maximum atomic E-state index is 2.39. The molecule has 0 unspecified atom stereocenters. The van der Waals surface area contributed by atoms with Gasteiger partial charge >= 0.3 is 80.0 Å². The van der Waals surface area contributed by atoms with Crippen LogP contribution in [0.4, 0.5) is 0 Å². The minimum absolute atomic E-state index is 0. The van der Waals surface area contributed by atoms with Crippen LogP contribution in [0.2, 0.25) is 0 Å². The first-order valence-electron chi connectivity index (χ1n) is 0.286. The molecule has 0 amide bonds. The van der Waals surface area contributed by atoms with E-state index in [0.717, 1.165) is 0 Å². The normalized spacial score (nSPS) is 5.50. The quantitative estimate of drug-likeness (QED) is 0.284. The summed E-state index contributed by atoms with van der Waals surface area (Å²) in [5.41, 5.74) is 0. The molecule has 0 aromatic rings. The van der Waals surface area contributed by atoms with Crippen LogP contribution >= 0.6 is 37.2 Å². The van der Waals surface area contributed by atoms with Crippen molar-refractivity contribution in [1.29, 1.82) is 0 Å². The van der Waals surface area contributed by atoms with Gasteiger partial charge < -0.3 is 0 Å². The van der Waals surface area contributed by atoms with E-state index < -0.39 is 0 Å². The zero-order valence-corrected chi connectivity index (χ0v) is 10.6. The van der Waals surface area contributed by atoms with Crippen LogP contribution in [0.5, 0.6) is 0 Å². The molecule has 0 rings (SSSR count). The van der Waals surface area contributed by atoms with E-state index in [1.807, 2.05) is 0 Å². The molecule has 0 aliphatic heterocycles. The predicted molar refractivity (Wildman–Crippen MR) is 28.0 cm³/mol. The first-order valence-corrected chi connectivity index (χ1v) is 12.9. The fourth-order valence-electron chi connectivity index (χ4n) is 0. The van der Waals surface area contributed by atoms with Crippen molar-refractivity contribution in [3.63, 3.8) is 0 Å². The first kappa shape index (κ1) is 10.2. The molecule has 0 radical (unpaired) electrons. The Bertz CT molecular complexity index is 3.25. The van der Waals surface area contributed by atoms with Gasteiger partial charge in [-0.2, -0.15) is 0 Å². The molecule has 0 atom stereocenters. The number of halogens is 3. The number of hydrogen-bond donors (Lipinski definition) is 0. The monoisotopic (exact) mass is 404 g/mol. The van der Waals surface area contributed by atoms with E-state index >= 15 is 0 Å². The van der Waals surface area contributed by atoms with Crippen LogP contribution in [0.15, 0.2) is 0 Å². The third kappa shape index (κ3) is 8.95. The van der Waals surface area contributed by atoms with E-state index in [4.69, 9.17) is 0 Å². The SMILES string of the molecule is I[I-]I.[Na+]. The van der Waals surface area contributed by atoms with Gasteiger partial charge in [0.1, 0.15) is 0 Å². The molecule has 0 N–H and O–H groups in total. The fraction of sp³-hybridized carbons (Fsp3) is 0. The maximum absolute atomic E-state index is 2.39. The van der Waals surface area contributed by atoms with Crippen molar-refractivity contribution in [3.05, 3.63) is 0 Å². The Morgan fingerprint density at radius 3 is 1.25 bits per heavy atom. The van der Waals surface area contributed by atoms with E-state index in [0.29, 0.717) is 13.3 Å². The van der Waals surface area contributed by atoms with Gasteiger partial charge in [-0.15, -0.1) is 0 Å². The average molecular weight is 404 g/mol. The summed E-state index contributed by atoms with van der Waals surface area (Å²) in [6, 6.07) is 0. The summed E-state index contributed by atoms with van der Waals surface area (Å²) < 4.78 is 0. The Morgan fingerprint density at radius 1 is 1.25 bits per heavy atom. The molecule has 0 aliphatic carbocycles. The third-order valence-corrected chi connectivity index (χ3v) is 0. The summed E-state index contributed by atoms with van der Waals surface area (Å²) in [5.74, 6) is 0. The number of hydrogen-bond acceptors (Lipinski definition) is 0. The smallest absolute Gasteiger partial charge is 1.00 e. The van der Waals surface area contributed by atoms with Crippen molar-refractivity contribution < 1.29 is 42.8 Å². The molecule has 0 aromatic heterocycles. The van der Waals surface area contributed by atoms with Crippen LogP contribution in [0.25, 0.3) is 0 Å². The summed E-state index contributed by atoms with van der Waals surface area (Å²) in [6.07, 6.45) is 0. The van der Waals surface area contributed by atoms with E-state index in [1.54, 1.807) is 0 Å². The molecule has 0 nitrogen and oxygen atoms in total.